The fraction of sp³-hybridized carbons (Fsp3) is 0.963. The highest BCUT2D eigenvalue weighted by atomic mass is 16.5. The molecule has 0 saturated carbocycles. The number of carboxylic acids is 1. The third-order valence-corrected chi connectivity index (χ3v) is 5.99. The number of aliphatic hydroxyl groups excluding tert-OH is 1. The summed E-state index contributed by atoms with van der Waals surface area (Å²) in [7, 11) is 0. The zero-order valence-electron chi connectivity index (χ0n) is 21.2. The number of aliphatic carboxylic acids is 1. The van der Waals surface area contributed by atoms with Crippen LogP contribution in [0.3, 0.4) is 0 Å². The number of carboxylic acid groups (broad SMARTS) is 1. The van der Waals surface area contributed by atoms with Gasteiger partial charge in [-0.15, -0.1) is 0 Å². The van der Waals surface area contributed by atoms with Crippen LogP contribution in [0.25, 0.3) is 0 Å². The van der Waals surface area contributed by atoms with E-state index in [9.17, 15) is 9.90 Å². The molecule has 0 aromatic heterocycles. The standard InChI is InChI=1S/C27H54O5/c1-2-3-4-5-6-7-8-9-10-11-12-13-14-15-16-17-18-19-20-21-22-31-23-26(28)24-32-25-27(29)30/h26,28H,2-25H2,1H3,(H,29,30). The second kappa shape index (κ2) is 26.6. The van der Waals surface area contributed by atoms with Gasteiger partial charge >= 0.3 is 5.97 Å². The number of carbonyl (C=O) groups is 1. The SMILES string of the molecule is CCCCCCCCCCCCCCCCCCCCCCOCC(O)COCC(=O)O. The maximum atomic E-state index is 10.3. The first-order chi connectivity index (χ1) is 15.7. The summed E-state index contributed by atoms with van der Waals surface area (Å²) in [5.74, 6) is -1.03. The summed E-state index contributed by atoms with van der Waals surface area (Å²) in [6.45, 7) is 2.76. The van der Waals surface area contributed by atoms with Crippen LogP contribution in [0.15, 0.2) is 0 Å². The van der Waals surface area contributed by atoms with Gasteiger partial charge in [0.15, 0.2) is 0 Å². The van der Waals surface area contributed by atoms with E-state index in [2.05, 4.69) is 6.92 Å². The van der Waals surface area contributed by atoms with Crippen molar-refractivity contribution in [3.8, 4) is 0 Å². The molecule has 0 aliphatic heterocycles. The summed E-state index contributed by atoms with van der Waals surface area (Å²) < 4.78 is 10.2. The van der Waals surface area contributed by atoms with Crippen molar-refractivity contribution in [2.24, 2.45) is 0 Å². The topological polar surface area (TPSA) is 76.0 Å². The molecule has 5 nitrogen and oxygen atoms in total. The van der Waals surface area contributed by atoms with Gasteiger partial charge in [-0.25, -0.2) is 4.79 Å². The zero-order chi connectivity index (χ0) is 23.5. The molecule has 5 heteroatoms. The predicted molar refractivity (Wildman–Crippen MR) is 133 cm³/mol. The van der Waals surface area contributed by atoms with Crippen LogP contribution in [0, 0.1) is 0 Å². The minimum Gasteiger partial charge on any atom is -0.480 e. The molecule has 0 saturated heterocycles. The van der Waals surface area contributed by atoms with Crippen LogP contribution in [0.4, 0.5) is 0 Å². The van der Waals surface area contributed by atoms with E-state index in [0.717, 1.165) is 6.42 Å². The molecule has 0 aliphatic carbocycles. The molecule has 0 aromatic carbocycles. The van der Waals surface area contributed by atoms with Crippen molar-refractivity contribution in [1.82, 2.24) is 0 Å². The smallest absolute Gasteiger partial charge is 0.329 e. The first-order valence-corrected chi connectivity index (χ1v) is 13.7. The molecule has 32 heavy (non-hydrogen) atoms. The average Bonchev–Trinajstić information content (AvgIpc) is 2.77. The Morgan fingerprint density at radius 3 is 1.31 bits per heavy atom. The quantitative estimate of drug-likeness (QED) is 0.126. The number of ether oxygens (including phenoxy) is 2. The van der Waals surface area contributed by atoms with Crippen molar-refractivity contribution >= 4 is 5.97 Å². The molecule has 192 valence electrons. The van der Waals surface area contributed by atoms with Crippen molar-refractivity contribution in [3.63, 3.8) is 0 Å². The summed E-state index contributed by atoms with van der Waals surface area (Å²) in [6.07, 6.45) is 26.7. The van der Waals surface area contributed by atoms with Crippen LogP contribution < -0.4 is 0 Å². The highest BCUT2D eigenvalue weighted by Crippen LogP contribution is 2.14. The van der Waals surface area contributed by atoms with Gasteiger partial charge in [-0.2, -0.15) is 0 Å². The molecule has 1 atom stereocenters. The van der Waals surface area contributed by atoms with Crippen LogP contribution in [-0.4, -0.2) is 48.7 Å². The third-order valence-electron chi connectivity index (χ3n) is 5.99. The van der Waals surface area contributed by atoms with Gasteiger partial charge in [0.25, 0.3) is 0 Å². The molecule has 0 heterocycles. The monoisotopic (exact) mass is 458 g/mol. The second-order valence-electron chi connectivity index (χ2n) is 9.36. The Kier molecular flexibility index (Phi) is 26.1. The van der Waals surface area contributed by atoms with Gasteiger partial charge in [-0.1, -0.05) is 129 Å². The van der Waals surface area contributed by atoms with Crippen LogP contribution in [-0.2, 0) is 14.3 Å². The zero-order valence-corrected chi connectivity index (χ0v) is 21.2. The lowest BCUT2D eigenvalue weighted by molar-refractivity contribution is -0.143. The average molecular weight is 459 g/mol. The molecule has 0 amide bonds. The van der Waals surface area contributed by atoms with Crippen molar-refractivity contribution < 1.29 is 24.5 Å². The minimum atomic E-state index is -1.03. The lowest BCUT2D eigenvalue weighted by atomic mass is 10.0. The van der Waals surface area contributed by atoms with E-state index in [-0.39, 0.29) is 19.8 Å². The Morgan fingerprint density at radius 1 is 0.594 bits per heavy atom. The Labute approximate surface area is 198 Å². The molecule has 0 aliphatic rings. The molecule has 0 rings (SSSR count). The lowest BCUT2D eigenvalue weighted by Crippen LogP contribution is -2.23. The molecular weight excluding hydrogens is 404 g/mol. The van der Waals surface area contributed by atoms with Gasteiger partial charge in [0, 0.05) is 6.61 Å². The molecule has 2 N–H and O–H groups in total. The highest BCUT2D eigenvalue weighted by Gasteiger charge is 2.06. The third kappa shape index (κ3) is 27.4. The normalized spacial score (nSPS) is 12.3. The molecule has 0 aromatic rings. The second-order valence-corrected chi connectivity index (χ2v) is 9.36. The highest BCUT2D eigenvalue weighted by molar-refractivity contribution is 5.67. The van der Waals surface area contributed by atoms with Gasteiger partial charge in [-0.05, 0) is 6.42 Å². The van der Waals surface area contributed by atoms with Crippen LogP contribution >= 0.6 is 0 Å². The predicted octanol–water partition coefficient (Wildman–Crippen LogP) is 7.29. The largest absolute Gasteiger partial charge is 0.480 e. The fourth-order valence-electron chi connectivity index (χ4n) is 4.01. The Hall–Kier alpha value is -0.650. The van der Waals surface area contributed by atoms with Gasteiger partial charge in [-0.3, -0.25) is 0 Å². The Balaban J connectivity index is 3.08. The van der Waals surface area contributed by atoms with E-state index in [0.29, 0.717) is 6.61 Å². The molecule has 0 bridgehead atoms. The van der Waals surface area contributed by atoms with Crippen LogP contribution in [0.2, 0.25) is 0 Å². The molecule has 0 spiro atoms. The number of rotatable bonds is 27. The van der Waals surface area contributed by atoms with Gasteiger partial charge in [0.1, 0.15) is 12.7 Å². The molecular formula is C27H54O5. The van der Waals surface area contributed by atoms with Crippen LogP contribution in [0.5, 0.6) is 0 Å². The van der Waals surface area contributed by atoms with E-state index in [4.69, 9.17) is 14.6 Å². The first kappa shape index (κ1) is 31.4. The van der Waals surface area contributed by atoms with E-state index in [1.807, 2.05) is 0 Å². The summed E-state index contributed by atoms with van der Waals surface area (Å²) >= 11 is 0. The van der Waals surface area contributed by atoms with Gasteiger partial charge < -0.3 is 19.7 Å². The summed E-state index contributed by atoms with van der Waals surface area (Å²) in [4.78, 5) is 10.3. The van der Waals surface area contributed by atoms with E-state index in [1.54, 1.807) is 0 Å². The van der Waals surface area contributed by atoms with Crippen LogP contribution in [0.1, 0.15) is 135 Å². The van der Waals surface area contributed by atoms with E-state index in [1.165, 1.54) is 122 Å². The summed E-state index contributed by atoms with van der Waals surface area (Å²) in [5, 5.41) is 18.0. The summed E-state index contributed by atoms with van der Waals surface area (Å²) in [5.41, 5.74) is 0. The maximum Gasteiger partial charge on any atom is 0.329 e. The molecule has 1 unspecified atom stereocenters. The number of hydrogen-bond donors (Lipinski definition) is 2. The first-order valence-electron chi connectivity index (χ1n) is 13.7. The van der Waals surface area contributed by atoms with Crippen molar-refractivity contribution in [3.05, 3.63) is 0 Å². The van der Waals surface area contributed by atoms with Crippen molar-refractivity contribution in [2.75, 3.05) is 26.4 Å². The van der Waals surface area contributed by atoms with E-state index < -0.39 is 12.1 Å². The molecule has 0 radical (unpaired) electrons. The Morgan fingerprint density at radius 2 is 0.938 bits per heavy atom. The van der Waals surface area contributed by atoms with Gasteiger partial charge in [0.05, 0.1) is 13.2 Å². The number of aliphatic hydroxyl groups is 1. The van der Waals surface area contributed by atoms with Gasteiger partial charge in [0.2, 0.25) is 0 Å². The lowest BCUT2D eigenvalue weighted by Gasteiger charge is -2.11. The number of hydrogen-bond acceptors (Lipinski definition) is 4. The van der Waals surface area contributed by atoms with Crippen molar-refractivity contribution in [2.45, 2.75) is 141 Å². The van der Waals surface area contributed by atoms with E-state index >= 15 is 0 Å². The van der Waals surface area contributed by atoms with Crippen molar-refractivity contribution in [1.29, 1.82) is 0 Å². The molecule has 0 fully saturated rings. The summed E-state index contributed by atoms with van der Waals surface area (Å²) in [6, 6.07) is 0. The Bertz CT molecular complexity index is 375. The number of unbranched alkanes of at least 4 members (excludes halogenated alkanes) is 19. The maximum absolute atomic E-state index is 10.3. The fourth-order valence-corrected chi connectivity index (χ4v) is 4.01. The minimum absolute atomic E-state index is 0.00551.